The maximum atomic E-state index is 14.1. The summed E-state index contributed by atoms with van der Waals surface area (Å²) in [6, 6.07) is 9.24. The highest BCUT2D eigenvalue weighted by molar-refractivity contribution is 5.97. The molecule has 0 aliphatic rings. The first-order valence-corrected chi connectivity index (χ1v) is 10.5. The van der Waals surface area contributed by atoms with Crippen LogP contribution in [-0.4, -0.2) is 18.3 Å². The number of nitrogen functional groups attached to an aromatic ring is 1. The van der Waals surface area contributed by atoms with Gasteiger partial charge in [0.15, 0.2) is 0 Å². The van der Waals surface area contributed by atoms with E-state index in [4.69, 9.17) is 5.73 Å². The van der Waals surface area contributed by atoms with Crippen LogP contribution in [0.1, 0.15) is 50.2 Å². The van der Waals surface area contributed by atoms with Gasteiger partial charge >= 0.3 is 6.18 Å². The van der Waals surface area contributed by atoms with Crippen molar-refractivity contribution in [1.82, 2.24) is 0 Å². The van der Waals surface area contributed by atoms with Gasteiger partial charge in [-0.25, -0.2) is 8.78 Å². The number of rotatable bonds is 11. The molecule has 2 aromatic carbocycles. The van der Waals surface area contributed by atoms with Gasteiger partial charge in [-0.15, -0.1) is 0 Å². The molecular weight excluding hydrogens is 429 g/mol. The number of benzene rings is 2. The van der Waals surface area contributed by atoms with E-state index < -0.39 is 30.0 Å². The zero-order chi connectivity index (χ0) is 23.7. The summed E-state index contributed by atoms with van der Waals surface area (Å²) in [4.78, 5) is 12.0. The van der Waals surface area contributed by atoms with Crippen LogP contribution in [0.25, 0.3) is 0 Å². The Morgan fingerprint density at radius 2 is 1.72 bits per heavy atom. The average Bonchev–Trinajstić information content (AvgIpc) is 2.75. The molecule has 0 aliphatic carbocycles. The molecule has 0 aliphatic heterocycles. The van der Waals surface area contributed by atoms with Crippen LogP contribution in [-0.2, 0) is 17.5 Å². The first-order valence-electron chi connectivity index (χ1n) is 10.5. The van der Waals surface area contributed by atoms with E-state index in [9.17, 15) is 26.7 Å². The maximum absolute atomic E-state index is 14.1. The second-order valence-corrected chi connectivity index (χ2v) is 7.61. The van der Waals surface area contributed by atoms with E-state index >= 15 is 0 Å². The summed E-state index contributed by atoms with van der Waals surface area (Å²) >= 11 is 0. The van der Waals surface area contributed by atoms with Gasteiger partial charge in [0.05, 0.1) is 16.9 Å². The third kappa shape index (κ3) is 7.69. The normalized spacial score (nSPS) is 13.4. The Balaban J connectivity index is 1.89. The number of hydrogen-bond donors (Lipinski definition) is 3. The number of anilines is 3. The third-order valence-corrected chi connectivity index (χ3v) is 4.99. The minimum Gasteiger partial charge on any atom is -0.397 e. The van der Waals surface area contributed by atoms with Crippen LogP contribution in [0, 0.1) is 0 Å². The molecule has 2 aromatic rings. The fourth-order valence-electron chi connectivity index (χ4n) is 3.08. The average molecular weight is 457 g/mol. The van der Waals surface area contributed by atoms with Crippen molar-refractivity contribution in [3.63, 3.8) is 0 Å². The highest BCUT2D eigenvalue weighted by Gasteiger charge is 2.30. The molecule has 0 saturated heterocycles. The van der Waals surface area contributed by atoms with Crippen molar-refractivity contribution in [3.05, 3.63) is 53.6 Å². The van der Waals surface area contributed by atoms with Crippen LogP contribution in [0.2, 0.25) is 0 Å². The molecule has 0 aromatic heterocycles. The Kier molecular flexibility index (Phi) is 9.28. The summed E-state index contributed by atoms with van der Waals surface area (Å²) in [5.41, 5.74) is 6.64. The van der Waals surface area contributed by atoms with Crippen LogP contribution < -0.4 is 16.4 Å². The van der Waals surface area contributed by atoms with Gasteiger partial charge in [-0.1, -0.05) is 44.7 Å². The molecule has 0 fully saturated rings. The Hall–Kier alpha value is -2.84. The molecule has 176 valence electrons. The van der Waals surface area contributed by atoms with E-state index in [0.29, 0.717) is 17.7 Å². The highest BCUT2D eigenvalue weighted by Crippen LogP contribution is 2.29. The molecule has 0 bridgehead atoms. The summed E-state index contributed by atoms with van der Waals surface area (Å²) in [5.74, 6) is -1.09. The van der Waals surface area contributed by atoms with E-state index in [-0.39, 0.29) is 24.3 Å². The predicted molar refractivity (Wildman–Crippen MR) is 117 cm³/mol. The van der Waals surface area contributed by atoms with E-state index in [1.54, 1.807) is 6.07 Å². The second kappa shape index (κ2) is 11.7. The molecule has 2 atom stereocenters. The standard InChI is InChI=1S/C23H28F5N3O/c1-2-3-4-5-6-18(24)21(25)22(32)31-20-12-11-17(13-19(20)29)30-14-15-7-9-16(10-8-15)23(26,27)28/h7-13,18,21,30H,2-6,14,29H2,1H3,(H,31,32)/t18-,21+/m1/s1. The summed E-state index contributed by atoms with van der Waals surface area (Å²) in [6.07, 6.45) is -5.35. The van der Waals surface area contributed by atoms with Crippen molar-refractivity contribution >= 4 is 23.0 Å². The molecule has 0 saturated carbocycles. The fraction of sp³-hybridized carbons (Fsp3) is 0.435. The van der Waals surface area contributed by atoms with Gasteiger partial charge in [-0.2, -0.15) is 13.2 Å². The lowest BCUT2D eigenvalue weighted by molar-refractivity contribution is -0.137. The molecule has 2 rings (SSSR count). The molecule has 4 nitrogen and oxygen atoms in total. The summed E-state index contributed by atoms with van der Waals surface area (Å²) < 4.78 is 65.9. The summed E-state index contributed by atoms with van der Waals surface area (Å²) in [7, 11) is 0. The number of carbonyl (C=O) groups excluding carboxylic acids is 1. The minimum absolute atomic E-state index is 0.0170. The molecule has 0 unspecified atom stereocenters. The Morgan fingerprint density at radius 3 is 2.31 bits per heavy atom. The van der Waals surface area contributed by atoms with Crippen LogP contribution >= 0.6 is 0 Å². The Morgan fingerprint density at radius 1 is 1.03 bits per heavy atom. The van der Waals surface area contributed by atoms with Crippen LogP contribution in [0.5, 0.6) is 0 Å². The molecule has 4 N–H and O–H groups in total. The highest BCUT2D eigenvalue weighted by atomic mass is 19.4. The van der Waals surface area contributed by atoms with Gasteiger partial charge in [0.25, 0.3) is 5.91 Å². The van der Waals surface area contributed by atoms with E-state index in [0.717, 1.165) is 31.4 Å². The first kappa shape index (κ1) is 25.4. The largest absolute Gasteiger partial charge is 0.416 e. The van der Waals surface area contributed by atoms with Crippen molar-refractivity contribution in [1.29, 1.82) is 0 Å². The van der Waals surface area contributed by atoms with Crippen LogP contribution in [0.3, 0.4) is 0 Å². The molecule has 32 heavy (non-hydrogen) atoms. The molecule has 0 heterocycles. The SMILES string of the molecule is CCCCCC[C@@H](F)[C@H](F)C(=O)Nc1ccc(NCc2ccc(C(F)(F)F)cc2)cc1N. The van der Waals surface area contributed by atoms with E-state index in [1.807, 2.05) is 6.92 Å². The van der Waals surface area contributed by atoms with Gasteiger partial charge < -0.3 is 16.4 Å². The maximum Gasteiger partial charge on any atom is 0.416 e. The Labute approximate surface area is 184 Å². The second-order valence-electron chi connectivity index (χ2n) is 7.61. The number of amides is 1. The van der Waals surface area contributed by atoms with Crippen molar-refractivity contribution in [2.24, 2.45) is 0 Å². The molecule has 0 spiro atoms. The molecule has 1 amide bonds. The fourth-order valence-corrected chi connectivity index (χ4v) is 3.08. The third-order valence-electron chi connectivity index (χ3n) is 4.99. The van der Waals surface area contributed by atoms with Gasteiger partial charge in [0.2, 0.25) is 6.17 Å². The lowest BCUT2D eigenvalue weighted by atomic mass is 10.1. The van der Waals surface area contributed by atoms with Crippen molar-refractivity contribution < 1.29 is 26.7 Å². The smallest absolute Gasteiger partial charge is 0.397 e. The van der Waals surface area contributed by atoms with E-state index in [2.05, 4.69) is 10.6 Å². The number of carbonyl (C=O) groups is 1. The number of hydrogen-bond acceptors (Lipinski definition) is 3. The summed E-state index contributed by atoms with van der Waals surface area (Å²) in [6.45, 7) is 2.26. The number of nitrogens with one attached hydrogen (secondary N) is 2. The summed E-state index contributed by atoms with van der Waals surface area (Å²) in [5, 5.41) is 5.31. The topological polar surface area (TPSA) is 67.2 Å². The lowest BCUT2D eigenvalue weighted by Crippen LogP contribution is -2.32. The number of nitrogens with two attached hydrogens (primary N) is 1. The number of alkyl halides is 5. The zero-order valence-corrected chi connectivity index (χ0v) is 17.8. The predicted octanol–water partition coefficient (Wildman–Crippen LogP) is 6.48. The molecular formula is C23H28F5N3O. The van der Waals surface area contributed by atoms with Crippen molar-refractivity contribution in [2.45, 2.75) is 64.1 Å². The Bertz CT molecular complexity index is 871. The van der Waals surface area contributed by atoms with Gasteiger partial charge in [-0.05, 0) is 42.3 Å². The molecule has 0 radical (unpaired) electrons. The molecule has 9 heteroatoms. The monoisotopic (exact) mass is 457 g/mol. The lowest BCUT2D eigenvalue weighted by Gasteiger charge is -2.15. The number of halogens is 5. The van der Waals surface area contributed by atoms with Gasteiger partial charge in [0, 0.05) is 12.2 Å². The van der Waals surface area contributed by atoms with Gasteiger partial charge in [0.1, 0.15) is 6.17 Å². The van der Waals surface area contributed by atoms with E-state index in [1.165, 1.54) is 24.3 Å². The quantitative estimate of drug-likeness (QED) is 0.205. The first-order chi connectivity index (χ1) is 15.1. The zero-order valence-electron chi connectivity index (χ0n) is 17.8. The van der Waals surface area contributed by atoms with Crippen molar-refractivity contribution in [2.75, 3.05) is 16.4 Å². The van der Waals surface area contributed by atoms with Crippen LogP contribution in [0.15, 0.2) is 42.5 Å². The minimum atomic E-state index is -4.39. The van der Waals surface area contributed by atoms with Gasteiger partial charge in [-0.3, -0.25) is 4.79 Å². The number of unbranched alkanes of at least 4 members (excludes halogenated alkanes) is 3. The van der Waals surface area contributed by atoms with Crippen molar-refractivity contribution in [3.8, 4) is 0 Å². The van der Waals surface area contributed by atoms with Crippen LogP contribution in [0.4, 0.5) is 39.0 Å².